The second-order valence-electron chi connectivity index (χ2n) is 5.50. The number of hydrogen-bond donors (Lipinski definition) is 2. The lowest BCUT2D eigenvalue weighted by Gasteiger charge is -2.17. The first-order valence-corrected chi connectivity index (χ1v) is 8.52. The third kappa shape index (κ3) is 3.84. The van der Waals surface area contributed by atoms with Gasteiger partial charge in [0.15, 0.2) is 0 Å². The Morgan fingerprint density at radius 3 is 2.35 bits per heavy atom. The number of furan rings is 1. The van der Waals surface area contributed by atoms with Gasteiger partial charge in [0.2, 0.25) is 10.0 Å². The van der Waals surface area contributed by atoms with E-state index < -0.39 is 10.0 Å². The maximum atomic E-state index is 12.5. The van der Waals surface area contributed by atoms with Crippen LogP contribution in [0.5, 0.6) is 0 Å². The van der Waals surface area contributed by atoms with Crippen molar-refractivity contribution in [2.45, 2.75) is 64.9 Å². The molecule has 0 aliphatic carbocycles. The highest BCUT2D eigenvalue weighted by Gasteiger charge is 2.27. The van der Waals surface area contributed by atoms with E-state index in [9.17, 15) is 8.42 Å². The monoisotopic (exact) mass is 302 g/mol. The van der Waals surface area contributed by atoms with E-state index >= 15 is 0 Å². The number of nitrogens with two attached hydrogens (primary N) is 1. The van der Waals surface area contributed by atoms with E-state index in [1.165, 1.54) is 0 Å². The lowest BCUT2D eigenvalue weighted by atomic mass is 10.0. The van der Waals surface area contributed by atoms with Crippen LogP contribution in [0.15, 0.2) is 9.31 Å². The van der Waals surface area contributed by atoms with E-state index in [-0.39, 0.29) is 17.5 Å². The molecular formula is C14H26N2O3S. The van der Waals surface area contributed by atoms with E-state index in [4.69, 9.17) is 10.2 Å². The van der Waals surface area contributed by atoms with Crippen molar-refractivity contribution in [3.8, 4) is 0 Å². The van der Waals surface area contributed by atoms with Crippen molar-refractivity contribution in [1.82, 2.24) is 4.72 Å². The number of sulfonamides is 1. The maximum absolute atomic E-state index is 12.5. The summed E-state index contributed by atoms with van der Waals surface area (Å²) in [7, 11) is -3.59. The minimum atomic E-state index is -3.59. The average Bonchev–Trinajstić information content (AvgIpc) is 2.62. The molecule has 0 aromatic carbocycles. The van der Waals surface area contributed by atoms with Crippen LogP contribution in [0.25, 0.3) is 0 Å². The van der Waals surface area contributed by atoms with Crippen LogP contribution in [0.1, 0.15) is 50.7 Å². The molecule has 0 saturated heterocycles. The molecule has 116 valence electrons. The van der Waals surface area contributed by atoms with Crippen molar-refractivity contribution in [1.29, 1.82) is 0 Å². The molecule has 5 nitrogen and oxygen atoms in total. The van der Waals surface area contributed by atoms with Gasteiger partial charge in [-0.1, -0.05) is 20.3 Å². The summed E-state index contributed by atoms with van der Waals surface area (Å²) in [6.45, 7) is 9.63. The first-order valence-electron chi connectivity index (χ1n) is 7.04. The number of nitrogens with one attached hydrogen (secondary N) is 1. The highest BCUT2D eigenvalue weighted by Crippen LogP contribution is 2.26. The van der Waals surface area contributed by atoms with E-state index in [1.54, 1.807) is 13.8 Å². The summed E-state index contributed by atoms with van der Waals surface area (Å²) >= 11 is 0. The fraction of sp³-hybridized carbons (Fsp3) is 0.714. The van der Waals surface area contributed by atoms with E-state index in [0.717, 1.165) is 12.8 Å². The average molecular weight is 302 g/mol. The Bertz CT molecular complexity index is 549. The Morgan fingerprint density at radius 2 is 1.85 bits per heavy atom. The summed E-state index contributed by atoms with van der Waals surface area (Å²) in [5.41, 5.74) is 6.20. The Kier molecular flexibility index (Phi) is 5.79. The molecule has 1 aromatic rings. The summed E-state index contributed by atoms with van der Waals surface area (Å²) in [5.74, 6) is 1.44. The number of hydrogen-bond acceptors (Lipinski definition) is 4. The molecule has 0 aliphatic rings. The molecule has 0 amide bonds. The van der Waals surface area contributed by atoms with Gasteiger partial charge in [-0.15, -0.1) is 0 Å². The molecular weight excluding hydrogens is 276 g/mol. The minimum Gasteiger partial charge on any atom is -0.465 e. The summed E-state index contributed by atoms with van der Waals surface area (Å²) in [4.78, 5) is 0.202. The van der Waals surface area contributed by atoms with E-state index in [1.807, 2.05) is 6.92 Å². The smallest absolute Gasteiger partial charge is 0.244 e. The molecule has 0 spiro atoms. The van der Waals surface area contributed by atoms with Gasteiger partial charge in [0.05, 0.1) is 0 Å². The largest absolute Gasteiger partial charge is 0.465 e. The van der Waals surface area contributed by atoms with Crippen LogP contribution in [0.4, 0.5) is 0 Å². The Balaban J connectivity index is 3.00. The zero-order valence-corrected chi connectivity index (χ0v) is 13.8. The van der Waals surface area contributed by atoms with Crippen LogP contribution in [-0.2, 0) is 16.6 Å². The molecule has 2 unspecified atom stereocenters. The van der Waals surface area contributed by atoms with Crippen molar-refractivity contribution < 1.29 is 12.8 Å². The Labute approximate surface area is 122 Å². The molecule has 0 saturated carbocycles. The third-order valence-electron chi connectivity index (χ3n) is 3.61. The topological polar surface area (TPSA) is 85.3 Å². The molecule has 0 bridgehead atoms. The normalized spacial score (nSPS) is 15.3. The summed E-state index contributed by atoms with van der Waals surface area (Å²) in [5, 5.41) is 0. The molecule has 1 heterocycles. The second-order valence-corrected chi connectivity index (χ2v) is 7.15. The SMILES string of the molecule is CCC(C)CC(C)NS(=O)(=O)c1c(C)oc(C)c1CN. The van der Waals surface area contributed by atoms with Gasteiger partial charge in [-0.05, 0) is 33.1 Å². The number of rotatable bonds is 7. The molecule has 1 aromatic heterocycles. The van der Waals surface area contributed by atoms with Gasteiger partial charge in [0.25, 0.3) is 0 Å². The fourth-order valence-electron chi connectivity index (χ4n) is 2.44. The zero-order valence-electron chi connectivity index (χ0n) is 13.0. The lowest BCUT2D eigenvalue weighted by Crippen LogP contribution is -2.34. The zero-order chi connectivity index (χ0) is 15.5. The molecule has 1 rings (SSSR count). The predicted molar refractivity (Wildman–Crippen MR) is 79.9 cm³/mol. The van der Waals surface area contributed by atoms with Gasteiger partial charge >= 0.3 is 0 Å². The molecule has 0 aliphatic heterocycles. The second kappa shape index (κ2) is 6.74. The van der Waals surface area contributed by atoms with E-state index in [0.29, 0.717) is 23.0 Å². The summed E-state index contributed by atoms with van der Waals surface area (Å²) in [6, 6.07) is -0.116. The van der Waals surface area contributed by atoms with Crippen LogP contribution in [-0.4, -0.2) is 14.5 Å². The molecule has 2 atom stereocenters. The molecule has 20 heavy (non-hydrogen) atoms. The highest BCUT2D eigenvalue weighted by molar-refractivity contribution is 7.89. The number of aryl methyl sites for hydroxylation is 2. The van der Waals surface area contributed by atoms with Gasteiger partial charge < -0.3 is 10.2 Å². The van der Waals surface area contributed by atoms with Crippen molar-refractivity contribution in [2.24, 2.45) is 11.7 Å². The maximum Gasteiger partial charge on any atom is 0.244 e. The van der Waals surface area contributed by atoms with Gasteiger partial charge in [0, 0.05) is 18.2 Å². The molecule has 6 heteroatoms. The molecule has 0 radical (unpaired) electrons. The van der Waals surface area contributed by atoms with Crippen molar-refractivity contribution in [3.05, 3.63) is 17.1 Å². The first kappa shape index (κ1) is 17.2. The van der Waals surface area contributed by atoms with Crippen LogP contribution < -0.4 is 10.5 Å². The van der Waals surface area contributed by atoms with E-state index in [2.05, 4.69) is 18.6 Å². The van der Waals surface area contributed by atoms with Crippen LogP contribution >= 0.6 is 0 Å². The van der Waals surface area contributed by atoms with Crippen LogP contribution in [0, 0.1) is 19.8 Å². The standard InChI is InChI=1S/C14H26N2O3S/c1-6-9(2)7-10(3)16-20(17,18)14-12(5)19-11(4)13(14)8-15/h9-10,16H,6-8,15H2,1-5H3. The van der Waals surface area contributed by atoms with Gasteiger partial charge in [-0.25, -0.2) is 13.1 Å². The highest BCUT2D eigenvalue weighted by atomic mass is 32.2. The fourth-order valence-corrected chi connectivity index (χ4v) is 4.16. The van der Waals surface area contributed by atoms with Gasteiger partial charge in [0.1, 0.15) is 16.4 Å². The first-order chi connectivity index (χ1) is 9.22. The van der Waals surface area contributed by atoms with Gasteiger partial charge in [-0.3, -0.25) is 0 Å². The van der Waals surface area contributed by atoms with Crippen molar-refractivity contribution in [3.63, 3.8) is 0 Å². The van der Waals surface area contributed by atoms with Gasteiger partial charge in [-0.2, -0.15) is 0 Å². The third-order valence-corrected chi connectivity index (χ3v) is 5.39. The van der Waals surface area contributed by atoms with Crippen molar-refractivity contribution in [2.75, 3.05) is 0 Å². The molecule has 3 N–H and O–H groups in total. The molecule has 0 fully saturated rings. The van der Waals surface area contributed by atoms with Crippen LogP contribution in [0.3, 0.4) is 0 Å². The predicted octanol–water partition coefficient (Wildman–Crippen LogP) is 2.46. The lowest BCUT2D eigenvalue weighted by molar-refractivity contribution is 0.444. The van der Waals surface area contributed by atoms with Crippen LogP contribution in [0.2, 0.25) is 0 Å². The summed E-state index contributed by atoms with van der Waals surface area (Å²) in [6.07, 6.45) is 1.84. The Hall–Kier alpha value is -0.850. The van der Waals surface area contributed by atoms with Crippen molar-refractivity contribution >= 4 is 10.0 Å². The Morgan fingerprint density at radius 1 is 1.25 bits per heavy atom. The quantitative estimate of drug-likeness (QED) is 0.810. The minimum absolute atomic E-state index is 0.116. The summed E-state index contributed by atoms with van der Waals surface area (Å²) < 4.78 is 33.1.